The third-order valence-corrected chi connectivity index (χ3v) is 2.69. The fourth-order valence-electron chi connectivity index (χ4n) is 1.44. The lowest BCUT2D eigenvalue weighted by molar-refractivity contribution is 0.0771. The van der Waals surface area contributed by atoms with E-state index < -0.39 is 11.7 Å². The molecule has 90 valence electrons. The van der Waals surface area contributed by atoms with Crippen molar-refractivity contribution in [3.8, 4) is 6.07 Å². The molecule has 0 saturated heterocycles. The largest absolute Gasteiger partial charge is 0.325 e. The summed E-state index contributed by atoms with van der Waals surface area (Å²) >= 11 is 3.19. The van der Waals surface area contributed by atoms with Gasteiger partial charge in [0.25, 0.3) is 5.91 Å². The zero-order chi connectivity index (χ0) is 12.8. The van der Waals surface area contributed by atoms with E-state index in [1.807, 2.05) is 13.0 Å². The number of carbonyl (C=O) groups is 1. The van der Waals surface area contributed by atoms with Gasteiger partial charge in [0.05, 0.1) is 11.6 Å². The van der Waals surface area contributed by atoms with Crippen LogP contribution in [-0.2, 0) is 0 Å². The van der Waals surface area contributed by atoms with Crippen molar-refractivity contribution in [1.29, 1.82) is 5.26 Å². The van der Waals surface area contributed by atoms with Crippen molar-refractivity contribution in [3.63, 3.8) is 0 Å². The summed E-state index contributed by atoms with van der Waals surface area (Å²) in [5.74, 6) is -1.02. The zero-order valence-electron chi connectivity index (χ0n) is 9.41. The fraction of sp³-hybridized carbons (Fsp3) is 0.333. The maximum absolute atomic E-state index is 13.5. The number of nitrogens with zero attached hydrogens (tertiary/aromatic N) is 2. The summed E-state index contributed by atoms with van der Waals surface area (Å²) in [4.78, 5) is 13.3. The number of carbonyl (C=O) groups excluding carboxylic acids is 1. The molecule has 17 heavy (non-hydrogen) atoms. The van der Waals surface area contributed by atoms with Gasteiger partial charge in [0, 0.05) is 11.0 Å². The fourth-order valence-corrected chi connectivity index (χ4v) is 1.80. The molecule has 0 bridgehead atoms. The van der Waals surface area contributed by atoms with E-state index in [0.29, 0.717) is 11.0 Å². The van der Waals surface area contributed by atoms with E-state index in [0.717, 1.165) is 6.42 Å². The first-order valence-corrected chi connectivity index (χ1v) is 6.00. The van der Waals surface area contributed by atoms with E-state index in [-0.39, 0.29) is 12.1 Å². The molecule has 0 aliphatic heterocycles. The summed E-state index contributed by atoms with van der Waals surface area (Å²) < 4.78 is 14.1. The van der Waals surface area contributed by atoms with Crippen molar-refractivity contribution in [2.45, 2.75) is 13.3 Å². The Kier molecular flexibility index (Phi) is 5.11. The Labute approximate surface area is 108 Å². The highest BCUT2D eigenvalue weighted by atomic mass is 79.9. The van der Waals surface area contributed by atoms with Crippen molar-refractivity contribution >= 4 is 21.8 Å². The van der Waals surface area contributed by atoms with E-state index in [4.69, 9.17) is 5.26 Å². The van der Waals surface area contributed by atoms with Crippen LogP contribution in [0.5, 0.6) is 0 Å². The minimum atomic E-state index is -0.572. The number of rotatable bonds is 4. The first-order chi connectivity index (χ1) is 8.10. The van der Waals surface area contributed by atoms with E-state index in [9.17, 15) is 9.18 Å². The molecule has 0 heterocycles. The first kappa shape index (κ1) is 13.7. The molecule has 0 fully saturated rings. The van der Waals surface area contributed by atoms with Gasteiger partial charge in [0.1, 0.15) is 12.4 Å². The topological polar surface area (TPSA) is 44.1 Å². The molecule has 0 unspecified atom stereocenters. The molecule has 0 N–H and O–H groups in total. The van der Waals surface area contributed by atoms with Gasteiger partial charge in [-0.05, 0) is 24.6 Å². The standard InChI is InChI=1S/C12H12BrFN2O/c1-2-6-16(7-5-15)12(17)10-8-9(13)3-4-11(10)14/h3-4,8H,2,6-7H2,1H3. The van der Waals surface area contributed by atoms with Gasteiger partial charge in [-0.15, -0.1) is 0 Å². The second-order valence-electron chi connectivity index (χ2n) is 3.51. The number of hydrogen-bond acceptors (Lipinski definition) is 2. The summed E-state index contributed by atoms with van der Waals surface area (Å²) in [6.07, 6.45) is 0.725. The molecule has 1 aromatic rings. The van der Waals surface area contributed by atoms with Gasteiger partial charge >= 0.3 is 0 Å². The van der Waals surface area contributed by atoms with E-state index >= 15 is 0 Å². The van der Waals surface area contributed by atoms with Crippen LogP contribution in [0.25, 0.3) is 0 Å². The first-order valence-electron chi connectivity index (χ1n) is 5.21. The van der Waals surface area contributed by atoms with E-state index in [1.165, 1.54) is 23.1 Å². The van der Waals surface area contributed by atoms with E-state index in [2.05, 4.69) is 15.9 Å². The van der Waals surface area contributed by atoms with E-state index in [1.54, 1.807) is 0 Å². The summed E-state index contributed by atoms with van der Waals surface area (Å²) in [5, 5.41) is 8.64. The number of benzene rings is 1. The van der Waals surface area contributed by atoms with Crippen molar-refractivity contribution in [3.05, 3.63) is 34.1 Å². The molecule has 0 aromatic heterocycles. The molecule has 3 nitrogen and oxygen atoms in total. The Bertz CT molecular complexity index is 456. The Morgan fingerprint density at radius 3 is 2.88 bits per heavy atom. The smallest absolute Gasteiger partial charge is 0.257 e. The second kappa shape index (κ2) is 6.36. The molecule has 5 heteroatoms. The van der Waals surface area contributed by atoms with Crippen molar-refractivity contribution in [1.82, 2.24) is 4.90 Å². The van der Waals surface area contributed by atoms with Crippen LogP contribution in [0, 0.1) is 17.1 Å². The van der Waals surface area contributed by atoms with Gasteiger partial charge in [-0.1, -0.05) is 22.9 Å². The van der Waals surface area contributed by atoms with Crippen LogP contribution in [-0.4, -0.2) is 23.9 Å². The lowest BCUT2D eigenvalue weighted by Crippen LogP contribution is -2.32. The molecular formula is C12H12BrFN2O. The highest BCUT2D eigenvalue weighted by Gasteiger charge is 2.18. The number of amides is 1. The molecule has 0 aliphatic carbocycles. The van der Waals surface area contributed by atoms with Gasteiger partial charge < -0.3 is 4.90 Å². The SMILES string of the molecule is CCCN(CC#N)C(=O)c1cc(Br)ccc1F. The number of hydrogen-bond donors (Lipinski definition) is 0. The average molecular weight is 299 g/mol. The lowest BCUT2D eigenvalue weighted by Gasteiger charge is -2.19. The van der Waals surface area contributed by atoms with Crippen LogP contribution in [0.3, 0.4) is 0 Å². The van der Waals surface area contributed by atoms with Crippen molar-refractivity contribution in [2.24, 2.45) is 0 Å². The predicted octanol–water partition coefficient (Wildman–Crippen LogP) is 2.96. The average Bonchev–Trinajstić information content (AvgIpc) is 2.31. The Morgan fingerprint density at radius 2 is 2.29 bits per heavy atom. The third-order valence-electron chi connectivity index (χ3n) is 2.20. The zero-order valence-corrected chi connectivity index (χ0v) is 11.0. The van der Waals surface area contributed by atoms with Gasteiger partial charge in [-0.25, -0.2) is 4.39 Å². The number of halogens is 2. The molecule has 0 atom stereocenters. The van der Waals surface area contributed by atoms with Crippen LogP contribution < -0.4 is 0 Å². The highest BCUT2D eigenvalue weighted by Crippen LogP contribution is 2.17. The molecule has 1 rings (SSSR count). The van der Waals surface area contributed by atoms with Crippen LogP contribution >= 0.6 is 15.9 Å². The Balaban J connectivity index is 3.00. The van der Waals surface area contributed by atoms with Crippen LogP contribution in [0.15, 0.2) is 22.7 Å². The predicted molar refractivity (Wildman–Crippen MR) is 65.9 cm³/mol. The van der Waals surface area contributed by atoms with Crippen molar-refractivity contribution in [2.75, 3.05) is 13.1 Å². The van der Waals surface area contributed by atoms with Crippen LogP contribution in [0.2, 0.25) is 0 Å². The monoisotopic (exact) mass is 298 g/mol. The highest BCUT2D eigenvalue weighted by molar-refractivity contribution is 9.10. The molecule has 0 saturated carbocycles. The molecule has 1 amide bonds. The molecular weight excluding hydrogens is 287 g/mol. The molecule has 0 spiro atoms. The molecule has 0 radical (unpaired) electrons. The number of nitriles is 1. The Hall–Kier alpha value is -1.41. The maximum atomic E-state index is 13.5. The quantitative estimate of drug-likeness (QED) is 0.802. The summed E-state index contributed by atoms with van der Waals surface area (Å²) in [6, 6.07) is 6.09. The third kappa shape index (κ3) is 3.53. The minimum Gasteiger partial charge on any atom is -0.325 e. The minimum absolute atomic E-state index is 0.0110. The summed E-state index contributed by atoms with van der Waals surface area (Å²) in [5.41, 5.74) is -0.0110. The van der Waals surface area contributed by atoms with Crippen LogP contribution in [0.4, 0.5) is 4.39 Å². The lowest BCUT2D eigenvalue weighted by atomic mass is 10.2. The normalized spacial score (nSPS) is 9.76. The van der Waals surface area contributed by atoms with Gasteiger partial charge in [0.2, 0.25) is 0 Å². The Morgan fingerprint density at radius 1 is 1.59 bits per heavy atom. The summed E-state index contributed by atoms with van der Waals surface area (Å²) in [7, 11) is 0. The summed E-state index contributed by atoms with van der Waals surface area (Å²) in [6.45, 7) is 2.31. The van der Waals surface area contributed by atoms with Gasteiger partial charge in [-0.3, -0.25) is 4.79 Å². The van der Waals surface area contributed by atoms with Gasteiger partial charge in [-0.2, -0.15) is 5.26 Å². The van der Waals surface area contributed by atoms with Gasteiger partial charge in [0.15, 0.2) is 0 Å². The molecule has 1 aromatic carbocycles. The second-order valence-corrected chi connectivity index (χ2v) is 4.42. The van der Waals surface area contributed by atoms with Crippen LogP contribution in [0.1, 0.15) is 23.7 Å². The molecule has 0 aliphatic rings. The maximum Gasteiger partial charge on any atom is 0.257 e. The van der Waals surface area contributed by atoms with Crippen molar-refractivity contribution < 1.29 is 9.18 Å².